The van der Waals surface area contributed by atoms with E-state index < -0.39 is 0 Å². The molecule has 23 heavy (non-hydrogen) atoms. The van der Waals surface area contributed by atoms with Gasteiger partial charge in [-0.15, -0.1) is 0 Å². The van der Waals surface area contributed by atoms with Gasteiger partial charge in [0.05, 0.1) is 11.4 Å². The molecule has 0 spiro atoms. The predicted octanol–water partition coefficient (Wildman–Crippen LogP) is 3.01. The molecule has 0 bridgehead atoms. The van der Waals surface area contributed by atoms with E-state index in [-0.39, 0.29) is 5.78 Å². The molecule has 1 fully saturated rings. The number of benzene rings is 2. The van der Waals surface area contributed by atoms with Crippen LogP contribution in [0.1, 0.15) is 28.8 Å². The molecule has 0 radical (unpaired) electrons. The summed E-state index contributed by atoms with van der Waals surface area (Å²) in [6.45, 7) is 2.00. The van der Waals surface area contributed by atoms with Gasteiger partial charge in [0, 0.05) is 23.7 Å². The van der Waals surface area contributed by atoms with Gasteiger partial charge in [-0.05, 0) is 44.6 Å². The van der Waals surface area contributed by atoms with Gasteiger partial charge in [0.2, 0.25) is 0 Å². The van der Waals surface area contributed by atoms with Gasteiger partial charge in [0.1, 0.15) is 0 Å². The number of rotatable bonds is 5. The summed E-state index contributed by atoms with van der Waals surface area (Å²) < 4.78 is 0. The van der Waals surface area contributed by atoms with Crippen molar-refractivity contribution < 1.29 is 4.79 Å². The predicted molar refractivity (Wildman–Crippen MR) is 94.9 cm³/mol. The molecule has 1 aliphatic heterocycles. The van der Waals surface area contributed by atoms with Gasteiger partial charge < -0.3 is 16.0 Å². The SMILES string of the molecule is CN1CCC[C@@H]1CNc1cc(C(=O)c2ccccc2)ccc1N. The van der Waals surface area contributed by atoms with Crippen LogP contribution in [0, 0.1) is 0 Å². The number of nitrogen functional groups attached to an aromatic ring is 1. The standard InChI is InChI=1S/C19H23N3O/c1-22-11-5-8-16(22)13-21-18-12-15(9-10-17(18)20)19(23)14-6-3-2-4-7-14/h2-4,6-7,9-10,12,16,21H,5,8,11,13,20H2,1H3/t16-/m1/s1. The van der Waals surface area contributed by atoms with E-state index in [1.54, 1.807) is 12.1 Å². The highest BCUT2D eigenvalue weighted by atomic mass is 16.1. The van der Waals surface area contributed by atoms with Crippen molar-refractivity contribution >= 4 is 17.2 Å². The van der Waals surface area contributed by atoms with Crippen LogP contribution < -0.4 is 11.1 Å². The van der Waals surface area contributed by atoms with Crippen LogP contribution in [-0.2, 0) is 0 Å². The van der Waals surface area contributed by atoms with Crippen LogP contribution in [0.25, 0.3) is 0 Å². The van der Waals surface area contributed by atoms with Gasteiger partial charge in [-0.3, -0.25) is 4.79 Å². The van der Waals surface area contributed by atoms with Crippen molar-refractivity contribution in [2.75, 3.05) is 31.2 Å². The molecule has 1 aliphatic rings. The molecule has 0 amide bonds. The minimum absolute atomic E-state index is 0.0200. The third-order valence-corrected chi connectivity index (χ3v) is 4.55. The van der Waals surface area contributed by atoms with E-state index in [1.165, 1.54) is 12.8 Å². The minimum Gasteiger partial charge on any atom is -0.397 e. The summed E-state index contributed by atoms with van der Waals surface area (Å²) in [7, 11) is 2.15. The van der Waals surface area contributed by atoms with Crippen molar-refractivity contribution in [3.63, 3.8) is 0 Å². The number of anilines is 2. The maximum atomic E-state index is 12.5. The summed E-state index contributed by atoms with van der Waals surface area (Å²) in [6, 6.07) is 15.3. The molecule has 1 saturated heterocycles. The lowest BCUT2D eigenvalue weighted by Crippen LogP contribution is -2.31. The first kappa shape index (κ1) is 15.6. The fraction of sp³-hybridized carbons (Fsp3) is 0.316. The first-order valence-corrected chi connectivity index (χ1v) is 8.08. The second kappa shape index (κ2) is 6.84. The van der Waals surface area contributed by atoms with Crippen LogP contribution in [-0.4, -0.2) is 36.9 Å². The Labute approximate surface area is 137 Å². The summed E-state index contributed by atoms with van der Waals surface area (Å²) >= 11 is 0. The van der Waals surface area contributed by atoms with Crippen LogP contribution in [0.3, 0.4) is 0 Å². The molecule has 2 aromatic rings. The van der Waals surface area contributed by atoms with Crippen molar-refractivity contribution in [3.8, 4) is 0 Å². The van der Waals surface area contributed by atoms with Gasteiger partial charge >= 0.3 is 0 Å². The third-order valence-electron chi connectivity index (χ3n) is 4.55. The van der Waals surface area contributed by atoms with E-state index in [9.17, 15) is 4.79 Å². The molecule has 3 N–H and O–H groups in total. The monoisotopic (exact) mass is 309 g/mol. The smallest absolute Gasteiger partial charge is 0.193 e. The van der Waals surface area contributed by atoms with Crippen molar-refractivity contribution in [2.24, 2.45) is 0 Å². The first-order chi connectivity index (χ1) is 11.1. The number of hydrogen-bond donors (Lipinski definition) is 2. The number of nitrogens with two attached hydrogens (primary N) is 1. The molecule has 2 aromatic carbocycles. The Morgan fingerprint density at radius 1 is 1.22 bits per heavy atom. The zero-order valence-corrected chi connectivity index (χ0v) is 13.5. The molecule has 3 rings (SSSR count). The highest BCUT2D eigenvalue weighted by molar-refractivity contribution is 6.09. The first-order valence-electron chi connectivity index (χ1n) is 8.08. The van der Waals surface area contributed by atoms with E-state index in [0.29, 0.717) is 22.9 Å². The van der Waals surface area contributed by atoms with Crippen LogP contribution >= 0.6 is 0 Å². The second-order valence-corrected chi connectivity index (χ2v) is 6.15. The van der Waals surface area contributed by atoms with E-state index in [1.807, 2.05) is 36.4 Å². The molecule has 4 heteroatoms. The molecule has 0 aliphatic carbocycles. The Hall–Kier alpha value is -2.33. The number of nitrogens with zero attached hydrogens (tertiary/aromatic N) is 1. The Bertz CT molecular complexity index is 684. The van der Waals surface area contributed by atoms with Crippen LogP contribution in [0.4, 0.5) is 11.4 Å². The summed E-state index contributed by atoms with van der Waals surface area (Å²) in [5.74, 6) is 0.0200. The quantitative estimate of drug-likeness (QED) is 0.658. The van der Waals surface area contributed by atoms with Crippen molar-refractivity contribution in [2.45, 2.75) is 18.9 Å². The fourth-order valence-electron chi connectivity index (χ4n) is 3.07. The topological polar surface area (TPSA) is 58.4 Å². The van der Waals surface area contributed by atoms with Crippen molar-refractivity contribution in [1.29, 1.82) is 0 Å². The zero-order valence-electron chi connectivity index (χ0n) is 13.5. The van der Waals surface area contributed by atoms with E-state index in [2.05, 4.69) is 17.3 Å². The van der Waals surface area contributed by atoms with Crippen LogP contribution in [0.2, 0.25) is 0 Å². The van der Waals surface area contributed by atoms with Gasteiger partial charge in [-0.2, -0.15) is 0 Å². The zero-order chi connectivity index (χ0) is 16.2. The summed E-state index contributed by atoms with van der Waals surface area (Å²) in [5, 5.41) is 3.41. The molecule has 0 unspecified atom stereocenters. The normalized spacial score (nSPS) is 18.0. The lowest BCUT2D eigenvalue weighted by molar-refractivity contribution is 0.103. The van der Waals surface area contributed by atoms with Gasteiger partial charge in [0.25, 0.3) is 0 Å². The van der Waals surface area contributed by atoms with Crippen molar-refractivity contribution in [3.05, 3.63) is 59.7 Å². The van der Waals surface area contributed by atoms with E-state index in [0.717, 1.165) is 18.8 Å². The maximum absolute atomic E-state index is 12.5. The number of likely N-dealkylation sites (tertiary alicyclic amines) is 1. The Kier molecular flexibility index (Phi) is 4.63. The van der Waals surface area contributed by atoms with Crippen LogP contribution in [0.15, 0.2) is 48.5 Å². The van der Waals surface area contributed by atoms with Gasteiger partial charge in [-0.25, -0.2) is 0 Å². The third kappa shape index (κ3) is 3.54. The summed E-state index contributed by atoms with van der Waals surface area (Å²) in [4.78, 5) is 14.9. The summed E-state index contributed by atoms with van der Waals surface area (Å²) in [6.07, 6.45) is 2.44. The lowest BCUT2D eigenvalue weighted by Gasteiger charge is -2.21. The lowest BCUT2D eigenvalue weighted by atomic mass is 10.0. The number of carbonyl (C=O) groups is 1. The molecule has 0 saturated carbocycles. The molecular formula is C19H23N3O. The second-order valence-electron chi connectivity index (χ2n) is 6.15. The Balaban J connectivity index is 1.75. The molecule has 4 nitrogen and oxygen atoms in total. The fourth-order valence-corrected chi connectivity index (χ4v) is 3.07. The number of carbonyl (C=O) groups excluding carboxylic acids is 1. The minimum atomic E-state index is 0.0200. The van der Waals surface area contributed by atoms with E-state index in [4.69, 9.17) is 5.73 Å². The molecule has 1 atom stereocenters. The van der Waals surface area contributed by atoms with Gasteiger partial charge in [0.15, 0.2) is 5.78 Å². The molecule has 120 valence electrons. The van der Waals surface area contributed by atoms with Gasteiger partial charge in [-0.1, -0.05) is 30.3 Å². The Morgan fingerprint density at radius 2 is 2.00 bits per heavy atom. The molecule has 0 aromatic heterocycles. The Morgan fingerprint density at radius 3 is 2.70 bits per heavy atom. The number of ketones is 1. The largest absolute Gasteiger partial charge is 0.397 e. The highest BCUT2D eigenvalue weighted by Crippen LogP contribution is 2.23. The summed E-state index contributed by atoms with van der Waals surface area (Å²) in [5.41, 5.74) is 8.93. The average molecular weight is 309 g/mol. The van der Waals surface area contributed by atoms with Crippen molar-refractivity contribution in [1.82, 2.24) is 4.90 Å². The molecule has 1 heterocycles. The highest BCUT2D eigenvalue weighted by Gasteiger charge is 2.20. The number of hydrogen-bond acceptors (Lipinski definition) is 4. The average Bonchev–Trinajstić information content (AvgIpc) is 2.99. The van der Waals surface area contributed by atoms with E-state index >= 15 is 0 Å². The number of nitrogens with one attached hydrogen (secondary N) is 1. The maximum Gasteiger partial charge on any atom is 0.193 e. The molecular weight excluding hydrogens is 286 g/mol. The van der Waals surface area contributed by atoms with Crippen LogP contribution in [0.5, 0.6) is 0 Å². The number of likely N-dealkylation sites (N-methyl/N-ethyl adjacent to an activating group) is 1.